The first kappa shape index (κ1) is 17.1. The standard InChI is InChI=1S/C17H14ClFN4O2/c18-12-3-7-14(8-4-12)23-16(11-1-5-13(19)6-2-11)21-15(22-23)17(25)20-9-10-24/h1-8,24H,9-10H2,(H,20,25). The number of nitrogens with zero attached hydrogens (tertiary/aromatic N) is 3. The molecule has 25 heavy (non-hydrogen) atoms. The number of rotatable bonds is 5. The van der Waals surface area contributed by atoms with E-state index in [2.05, 4.69) is 15.4 Å². The summed E-state index contributed by atoms with van der Waals surface area (Å²) in [6, 6.07) is 12.6. The van der Waals surface area contributed by atoms with Crippen molar-refractivity contribution >= 4 is 17.5 Å². The average Bonchev–Trinajstić information content (AvgIpc) is 3.06. The lowest BCUT2D eigenvalue weighted by Gasteiger charge is -2.06. The zero-order valence-electron chi connectivity index (χ0n) is 13.0. The molecular formula is C17H14ClFN4O2. The van der Waals surface area contributed by atoms with Crippen LogP contribution in [0.25, 0.3) is 17.1 Å². The Balaban J connectivity index is 2.07. The summed E-state index contributed by atoms with van der Waals surface area (Å²) in [7, 11) is 0. The quantitative estimate of drug-likeness (QED) is 0.732. The van der Waals surface area contributed by atoms with Crippen LogP contribution in [0.3, 0.4) is 0 Å². The number of aliphatic hydroxyl groups is 1. The van der Waals surface area contributed by atoms with Crippen LogP contribution in [0.4, 0.5) is 4.39 Å². The van der Waals surface area contributed by atoms with Crippen LogP contribution in [-0.4, -0.2) is 38.9 Å². The zero-order chi connectivity index (χ0) is 17.8. The molecule has 3 rings (SSSR count). The van der Waals surface area contributed by atoms with E-state index in [4.69, 9.17) is 16.7 Å². The van der Waals surface area contributed by atoms with Crippen LogP contribution in [0.5, 0.6) is 0 Å². The van der Waals surface area contributed by atoms with Crippen molar-refractivity contribution in [1.29, 1.82) is 0 Å². The lowest BCUT2D eigenvalue weighted by molar-refractivity contribution is 0.0934. The molecule has 2 aromatic carbocycles. The summed E-state index contributed by atoms with van der Waals surface area (Å²) in [4.78, 5) is 16.4. The van der Waals surface area contributed by atoms with Crippen molar-refractivity contribution < 1.29 is 14.3 Å². The predicted molar refractivity (Wildman–Crippen MR) is 91.2 cm³/mol. The number of carbonyl (C=O) groups is 1. The Hall–Kier alpha value is -2.77. The van der Waals surface area contributed by atoms with Crippen molar-refractivity contribution in [2.75, 3.05) is 13.2 Å². The molecular weight excluding hydrogens is 347 g/mol. The van der Waals surface area contributed by atoms with Gasteiger partial charge >= 0.3 is 0 Å². The van der Waals surface area contributed by atoms with Gasteiger partial charge < -0.3 is 10.4 Å². The third-order valence-electron chi connectivity index (χ3n) is 3.38. The molecule has 1 amide bonds. The summed E-state index contributed by atoms with van der Waals surface area (Å²) in [5.41, 5.74) is 1.25. The van der Waals surface area contributed by atoms with E-state index in [9.17, 15) is 9.18 Å². The largest absolute Gasteiger partial charge is 0.395 e. The van der Waals surface area contributed by atoms with E-state index in [1.54, 1.807) is 36.4 Å². The molecule has 1 aromatic heterocycles. The molecule has 0 bridgehead atoms. The molecule has 0 aliphatic heterocycles. The van der Waals surface area contributed by atoms with Gasteiger partial charge in [0.15, 0.2) is 5.82 Å². The summed E-state index contributed by atoms with van der Waals surface area (Å²) in [5, 5.41) is 16.1. The molecule has 6 nitrogen and oxygen atoms in total. The molecule has 2 N–H and O–H groups in total. The van der Waals surface area contributed by atoms with E-state index >= 15 is 0 Å². The van der Waals surface area contributed by atoms with Crippen LogP contribution in [-0.2, 0) is 0 Å². The van der Waals surface area contributed by atoms with Crippen molar-refractivity contribution in [1.82, 2.24) is 20.1 Å². The number of benzene rings is 2. The summed E-state index contributed by atoms with van der Waals surface area (Å²) < 4.78 is 14.7. The molecule has 0 unspecified atom stereocenters. The molecule has 0 saturated heterocycles. The molecule has 0 atom stereocenters. The van der Waals surface area contributed by atoms with Crippen LogP contribution >= 0.6 is 11.6 Å². The zero-order valence-corrected chi connectivity index (χ0v) is 13.7. The summed E-state index contributed by atoms with van der Waals surface area (Å²) in [5.74, 6) is -0.549. The van der Waals surface area contributed by atoms with Crippen molar-refractivity contribution in [3.63, 3.8) is 0 Å². The number of aliphatic hydroxyl groups excluding tert-OH is 1. The fraction of sp³-hybridized carbons (Fsp3) is 0.118. The highest BCUT2D eigenvalue weighted by atomic mass is 35.5. The average molecular weight is 361 g/mol. The van der Waals surface area contributed by atoms with Gasteiger partial charge in [0.05, 0.1) is 12.3 Å². The second-order valence-electron chi connectivity index (χ2n) is 5.13. The van der Waals surface area contributed by atoms with Crippen LogP contribution in [0.1, 0.15) is 10.6 Å². The number of nitrogens with one attached hydrogen (secondary N) is 1. The van der Waals surface area contributed by atoms with Crippen molar-refractivity contribution in [3.8, 4) is 17.1 Å². The highest BCUT2D eigenvalue weighted by Crippen LogP contribution is 2.22. The minimum atomic E-state index is -0.509. The molecule has 0 fully saturated rings. The van der Waals surface area contributed by atoms with Crippen LogP contribution in [0.2, 0.25) is 5.02 Å². The molecule has 1 heterocycles. The SMILES string of the molecule is O=C(NCCO)c1nc(-c2ccc(F)cc2)n(-c2ccc(Cl)cc2)n1. The lowest BCUT2D eigenvalue weighted by Crippen LogP contribution is -2.27. The van der Waals surface area contributed by atoms with E-state index in [1.807, 2.05) is 0 Å². The molecule has 0 saturated carbocycles. The van der Waals surface area contributed by atoms with Gasteiger partial charge in [-0.3, -0.25) is 4.79 Å². The maximum atomic E-state index is 13.2. The van der Waals surface area contributed by atoms with Crippen LogP contribution in [0, 0.1) is 5.82 Å². The first-order chi connectivity index (χ1) is 12.1. The van der Waals surface area contributed by atoms with Crippen molar-refractivity contribution in [2.45, 2.75) is 0 Å². The minimum Gasteiger partial charge on any atom is -0.395 e. The van der Waals surface area contributed by atoms with Gasteiger partial charge in [-0.15, -0.1) is 5.10 Å². The van der Waals surface area contributed by atoms with Gasteiger partial charge in [-0.25, -0.2) is 14.1 Å². The second-order valence-corrected chi connectivity index (χ2v) is 5.57. The first-order valence-electron chi connectivity index (χ1n) is 7.46. The smallest absolute Gasteiger partial charge is 0.291 e. The highest BCUT2D eigenvalue weighted by molar-refractivity contribution is 6.30. The van der Waals surface area contributed by atoms with Gasteiger partial charge in [-0.2, -0.15) is 0 Å². The van der Waals surface area contributed by atoms with Gasteiger partial charge in [0.25, 0.3) is 5.91 Å². The van der Waals surface area contributed by atoms with Gasteiger partial charge in [0.2, 0.25) is 5.82 Å². The van der Waals surface area contributed by atoms with E-state index in [1.165, 1.54) is 16.8 Å². The number of amides is 1. The fourth-order valence-electron chi connectivity index (χ4n) is 2.20. The lowest BCUT2D eigenvalue weighted by atomic mass is 10.2. The normalized spacial score (nSPS) is 10.7. The molecule has 128 valence electrons. The molecule has 0 aliphatic carbocycles. The second kappa shape index (κ2) is 7.42. The maximum Gasteiger partial charge on any atom is 0.291 e. The Morgan fingerprint density at radius 1 is 1.16 bits per heavy atom. The van der Waals surface area contributed by atoms with Crippen molar-refractivity contribution in [3.05, 3.63) is 65.2 Å². The number of halogens is 2. The van der Waals surface area contributed by atoms with Crippen LogP contribution < -0.4 is 5.32 Å². The molecule has 8 heteroatoms. The predicted octanol–water partition coefficient (Wildman–Crippen LogP) is 2.45. The Morgan fingerprint density at radius 3 is 2.48 bits per heavy atom. The maximum absolute atomic E-state index is 13.2. The fourth-order valence-corrected chi connectivity index (χ4v) is 2.33. The van der Waals surface area contributed by atoms with E-state index in [0.29, 0.717) is 22.1 Å². The molecule has 0 spiro atoms. The number of hydrogen-bond acceptors (Lipinski definition) is 4. The topological polar surface area (TPSA) is 80.0 Å². The highest BCUT2D eigenvalue weighted by Gasteiger charge is 2.18. The minimum absolute atomic E-state index is 0.0530. The summed E-state index contributed by atoms with van der Waals surface area (Å²) in [6.45, 7) is -0.0886. The van der Waals surface area contributed by atoms with Crippen molar-refractivity contribution in [2.24, 2.45) is 0 Å². The Bertz CT molecular complexity index is 816. The van der Waals surface area contributed by atoms with Crippen LogP contribution in [0.15, 0.2) is 48.5 Å². The summed E-state index contributed by atoms with van der Waals surface area (Å²) >= 11 is 5.91. The third kappa shape index (κ3) is 3.84. The van der Waals surface area contributed by atoms with E-state index in [0.717, 1.165) is 0 Å². The van der Waals surface area contributed by atoms with Gasteiger partial charge in [0, 0.05) is 17.1 Å². The van der Waals surface area contributed by atoms with Gasteiger partial charge in [-0.1, -0.05) is 11.6 Å². The third-order valence-corrected chi connectivity index (χ3v) is 3.63. The van der Waals surface area contributed by atoms with Gasteiger partial charge in [0.1, 0.15) is 5.82 Å². The number of hydrogen-bond donors (Lipinski definition) is 2. The summed E-state index contributed by atoms with van der Waals surface area (Å²) in [6.07, 6.45) is 0. The number of carbonyl (C=O) groups excluding carboxylic acids is 1. The first-order valence-corrected chi connectivity index (χ1v) is 7.84. The van der Waals surface area contributed by atoms with E-state index < -0.39 is 5.91 Å². The Kier molecular flexibility index (Phi) is 5.06. The monoisotopic (exact) mass is 360 g/mol. The van der Waals surface area contributed by atoms with Gasteiger partial charge in [-0.05, 0) is 48.5 Å². The molecule has 0 radical (unpaired) electrons. The Morgan fingerprint density at radius 2 is 1.84 bits per heavy atom. The van der Waals surface area contributed by atoms with E-state index in [-0.39, 0.29) is 24.8 Å². The molecule has 3 aromatic rings. The number of aromatic nitrogens is 3. The Labute approximate surface area is 147 Å². The molecule has 0 aliphatic rings.